The molecule has 3 rings (SSSR count). The Morgan fingerprint density at radius 2 is 1.76 bits per heavy atom. The number of benzene rings is 3. The monoisotopic (exact) mass is 465 g/mol. The molecule has 3 aromatic carbocycles. The second-order valence-electron chi connectivity index (χ2n) is 8.10. The summed E-state index contributed by atoms with van der Waals surface area (Å²) in [6.07, 6.45) is 1.81. The van der Waals surface area contributed by atoms with Crippen LogP contribution in [0.25, 0.3) is 10.8 Å². The first-order valence-corrected chi connectivity index (χ1v) is 10.7. The maximum absolute atomic E-state index is 13.1. The summed E-state index contributed by atoms with van der Waals surface area (Å²) in [4.78, 5) is 25.8. The van der Waals surface area contributed by atoms with E-state index in [0.717, 1.165) is 16.3 Å². The molecule has 0 heterocycles. The van der Waals surface area contributed by atoms with Crippen LogP contribution in [0.4, 0.5) is 4.39 Å². The van der Waals surface area contributed by atoms with Crippen molar-refractivity contribution in [2.45, 2.75) is 18.9 Å². The zero-order chi connectivity index (χ0) is 24.7. The van der Waals surface area contributed by atoms with Gasteiger partial charge in [0.1, 0.15) is 5.82 Å². The number of carbonyl (C=O) groups excluding carboxylic acids is 2. The summed E-state index contributed by atoms with van der Waals surface area (Å²) in [5.74, 6) is 4.89. The molecule has 9 heteroatoms. The average Bonchev–Trinajstić information content (AvgIpc) is 2.83. The maximum Gasteiger partial charge on any atom is 0.253 e. The Labute approximate surface area is 197 Å². The summed E-state index contributed by atoms with van der Waals surface area (Å²) in [5, 5.41) is 12.5. The Balaban J connectivity index is 1.72. The van der Waals surface area contributed by atoms with Gasteiger partial charge in [0.05, 0.1) is 19.0 Å². The highest BCUT2D eigenvalue weighted by Gasteiger charge is 2.20. The molecule has 0 saturated heterocycles. The van der Waals surface area contributed by atoms with E-state index in [1.807, 2.05) is 42.5 Å². The summed E-state index contributed by atoms with van der Waals surface area (Å²) in [7, 11) is 1.57. The molecule has 0 aliphatic carbocycles. The zero-order valence-corrected chi connectivity index (χ0v) is 18.8. The summed E-state index contributed by atoms with van der Waals surface area (Å²) in [6, 6.07) is 18.6. The number of carbonyl (C=O) groups is 2. The number of likely N-dealkylation sites (N-methyl/N-ethyl adjacent to an activating group) is 1. The van der Waals surface area contributed by atoms with Crippen LogP contribution in [0.2, 0.25) is 0 Å². The molecule has 3 aromatic rings. The number of hydrogen-bond donors (Lipinski definition) is 4. The second kappa shape index (κ2) is 11.3. The third-order valence-corrected chi connectivity index (χ3v) is 5.43. The van der Waals surface area contributed by atoms with Gasteiger partial charge in [-0.1, -0.05) is 42.5 Å². The van der Waals surface area contributed by atoms with Gasteiger partial charge in [0.25, 0.3) is 5.91 Å². The number of nitrogens with zero attached hydrogens (tertiary/aromatic N) is 2. The van der Waals surface area contributed by atoms with Crippen LogP contribution in [-0.2, 0) is 11.2 Å². The number of hydroxylamine groups is 1. The van der Waals surface area contributed by atoms with Crippen molar-refractivity contribution in [1.29, 1.82) is 0 Å². The van der Waals surface area contributed by atoms with E-state index in [9.17, 15) is 14.0 Å². The van der Waals surface area contributed by atoms with E-state index in [1.165, 1.54) is 40.4 Å². The van der Waals surface area contributed by atoms with E-state index >= 15 is 0 Å². The topological polar surface area (TPSA) is 125 Å². The summed E-state index contributed by atoms with van der Waals surface area (Å²) < 4.78 is 13.1. The van der Waals surface area contributed by atoms with E-state index in [0.29, 0.717) is 12.0 Å². The molecule has 6 N–H and O–H groups in total. The molecule has 8 nitrogen and oxygen atoms in total. The largest absolute Gasteiger partial charge is 0.399 e. The predicted octanol–water partition coefficient (Wildman–Crippen LogP) is 2.53. The number of nitrogens with one attached hydrogen (secondary N) is 1. The first kappa shape index (κ1) is 24.7. The van der Waals surface area contributed by atoms with Crippen LogP contribution < -0.4 is 17.1 Å². The highest BCUT2D eigenvalue weighted by molar-refractivity contribution is 5.94. The van der Waals surface area contributed by atoms with Gasteiger partial charge in [-0.2, -0.15) is 0 Å². The van der Waals surface area contributed by atoms with E-state index in [2.05, 4.69) is 0 Å². The molecular formula is C25H28FN5O3. The Morgan fingerprint density at radius 3 is 2.44 bits per heavy atom. The van der Waals surface area contributed by atoms with Gasteiger partial charge in [-0.3, -0.25) is 14.8 Å². The van der Waals surface area contributed by atoms with Crippen molar-refractivity contribution in [3.63, 3.8) is 0 Å². The fourth-order valence-corrected chi connectivity index (χ4v) is 3.68. The Morgan fingerprint density at radius 1 is 1.09 bits per heavy atom. The van der Waals surface area contributed by atoms with Gasteiger partial charge in [-0.15, -0.1) is 0 Å². The van der Waals surface area contributed by atoms with Crippen LogP contribution in [0.1, 0.15) is 22.3 Å². The lowest BCUT2D eigenvalue weighted by atomic mass is 9.99. The molecule has 0 saturated carbocycles. The summed E-state index contributed by atoms with van der Waals surface area (Å²) in [5.41, 5.74) is 9.33. The average molecular weight is 466 g/mol. The van der Waals surface area contributed by atoms with Crippen molar-refractivity contribution in [2.24, 2.45) is 11.6 Å². The van der Waals surface area contributed by atoms with Crippen molar-refractivity contribution in [3.8, 4) is 0 Å². The molecule has 0 aromatic heterocycles. The quantitative estimate of drug-likeness (QED) is 0.219. The Hall–Kier alpha value is -3.95. The number of nitrogens with two attached hydrogens (primary N) is 2. The van der Waals surface area contributed by atoms with Gasteiger partial charge in [0.15, 0.2) is 0 Å². The van der Waals surface area contributed by atoms with Crippen molar-refractivity contribution in [3.05, 3.63) is 95.6 Å². The van der Waals surface area contributed by atoms with Gasteiger partial charge < -0.3 is 15.6 Å². The van der Waals surface area contributed by atoms with Crippen molar-refractivity contribution < 1.29 is 19.2 Å². The van der Waals surface area contributed by atoms with Crippen molar-refractivity contribution in [1.82, 2.24) is 15.4 Å². The number of fused-ring (bicyclic) bond motifs is 1. The molecule has 0 aliphatic rings. The van der Waals surface area contributed by atoms with E-state index in [-0.39, 0.29) is 24.6 Å². The second-order valence-corrected chi connectivity index (χ2v) is 8.10. The molecule has 178 valence electrons. The lowest BCUT2D eigenvalue weighted by Gasteiger charge is -2.27. The molecule has 0 spiro atoms. The fourth-order valence-electron chi connectivity index (χ4n) is 3.68. The summed E-state index contributed by atoms with van der Waals surface area (Å²) in [6.45, 7) is 0.0683. The van der Waals surface area contributed by atoms with Crippen LogP contribution in [0.3, 0.4) is 0 Å². The van der Waals surface area contributed by atoms with Crippen LogP contribution in [0.5, 0.6) is 0 Å². The van der Waals surface area contributed by atoms with Gasteiger partial charge in [0.2, 0.25) is 5.91 Å². The molecule has 0 bridgehead atoms. The third-order valence-electron chi connectivity index (χ3n) is 5.43. The lowest BCUT2D eigenvalue weighted by molar-refractivity contribution is -0.130. The molecule has 2 amide bonds. The number of halogens is 1. The Kier molecular flexibility index (Phi) is 8.18. The predicted molar refractivity (Wildman–Crippen MR) is 128 cm³/mol. The highest BCUT2D eigenvalue weighted by atomic mass is 19.1. The van der Waals surface area contributed by atoms with Crippen LogP contribution in [-0.4, -0.2) is 46.6 Å². The smallest absolute Gasteiger partial charge is 0.253 e. The highest BCUT2D eigenvalue weighted by Crippen LogP contribution is 2.19. The van der Waals surface area contributed by atoms with Crippen LogP contribution in [0, 0.1) is 5.82 Å². The maximum atomic E-state index is 13.1. The number of hydrazine groups is 1. The van der Waals surface area contributed by atoms with Crippen molar-refractivity contribution >= 4 is 22.6 Å². The van der Waals surface area contributed by atoms with Gasteiger partial charge in [0, 0.05) is 24.5 Å². The summed E-state index contributed by atoms with van der Waals surface area (Å²) >= 11 is 0. The standard InChI is InChI=1S/C25H28FN5O3/c1-30(25(33)19-8-10-21(26)11-9-19)15-22(27)16-31(28)23(14-24(32)29-34)13-17-6-7-18-4-2-3-5-20(18)12-17/h2-12,16,23,34H,13-15,27-28H2,1H3,(H,29,32)/b22-16-. The van der Waals surface area contributed by atoms with Crippen LogP contribution in [0.15, 0.2) is 78.6 Å². The molecule has 34 heavy (non-hydrogen) atoms. The molecule has 0 aliphatic heterocycles. The zero-order valence-electron chi connectivity index (χ0n) is 18.8. The first-order valence-electron chi connectivity index (χ1n) is 10.7. The van der Waals surface area contributed by atoms with E-state index in [4.69, 9.17) is 16.8 Å². The van der Waals surface area contributed by atoms with E-state index < -0.39 is 17.8 Å². The number of rotatable bonds is 9. The SMILES string of the molecule is CN(C/C(N)=C/N(N)C(CC(=O)NO)Cc1ccc2ccccc2c1)C(=O)c1ccc(F)cc1. The molecule has 1 atom stereocenters. The Bertz CT molecular complexity index is 1180. The molecule has 0 fully saturated rings. The fraction of sp³-hybridized carbons (Fsp3) is 0.200. The van der Waals surface area contributed by atoms with Crippen molar-refractivity contribution in [2.75, 3.05) is 13.6 Å². The van der Waals surface area contributed by atoms with Crippen LogP contribution >= 0.6 is 0 Å². The normalized spacial score (nSPS) is 12.3. The molecule has 1 unspecified atom stereocenters. The minimum absolute atomic E-state index is 0.0683. The van der Waals surface area contributed by atoms with Gasteiger partial charge in [-0.05, 0) is 47.0 Å². The number of amides is 2. The first-order chi connectivity index (χ1) is 16.3. The van der Waals surface area contributed by atoms with Gasteiger partial charge >= 0.3 is 0 Å². The van der Waals surface area contributed by atoms with E-state index in [1.54, 1.807) is 12.5 Å². The lowest BCUT2D eigenvalue weighted by Crippen LogP contribution is -2.42. The minimum atomic E-state index is -0.586. The van der Waals surface area contributed by atoms with Gasteiger partial charge in [-0.25, -0.2) is 15.7 Å². The minimum Gasteiger partial charge on any atom is -0.399 e. The molecule has 0 radical (unpaired) electrons. The molecular weight excluding hydrogens is 437 g/mol. The third kappa shape index (κ3) is 6.53. The number of hydrogen-bond acceptors (Lipinski definition) is 6.